The quantitative estimate of drug-likeness (QED) is 0.271. The molecule has 1 aliphatic heterocycles. The molecule has 0 aliphatic carbocycles. The average Bonchev–Trinajstić information content (AvgIpc) is 3.19. The first-order valence-electron chi connectivity index (χ1n) is 13.1. The third-order valence-electron chi connectivity index (χ3n) is 7.05. The Morgan fingerprint density at radius 2 is 1.85 bits per heavy atom. The lowest BCUT2D eigenvalue weighted by atomic mass is 9.96. The van der Waals surface area contributed by atoms with Crippen molar-refractivity contribution < 1.29 is 22.3 Å². The van der Waals surface area contributed by atoms with Crippen molar-refractivity contribution in [3.63, 3.8) is 0 Å². The molecule has 1 fully saturated rings. The highest BCUT2D eigenvalue weighted by molar-refractivity contribution is 5.94. The maximum Gasteiger partial charge on any atom is 0.406 e. The molecule has 39 heavy (non-hydrogen) atoms. The zero-order valence-electron chi connectivity index (χ0n) is 23.0. The van der Waals surface area contributed by atoms with E-state index in [0.717, 1.165) is 17.8 Å². The second kappa shape index (κ2) is 11.4. The van der Waals surface area contributed by atoms with Crippen LogP contribution in [-0.2, 0) is 6.54 Å². The van der Waals surface area contributed by atoms with E-state index in [2.05, 4.69) is 48.1 Å². The van der Waals surface area contributed by atoms with Crippen LogP contribution in [0.15, 0.2) is 42.5 Å². The van der Waals surface area contributed by atoms with Gasteiger partial charge in [-0.3, -0.25) is 4.90 Å². The molecular weight excluding hydrogens is 508 g/mol. The van der Waals surface area contributed by atoms with Crippen LogP contribution >= 0.6 is 0 Å². The second-order valence-corrected chi connectivity index (χ2v) is 11.0. The van der Waals surface area contributed by atoms with Gasteiger partial charge in [0.15, 0.2) is 0 Å². The van der Waals surface area contributed by atoms with Crippen LogP contribution in [0.5, 0.6) is 5.75 Å². The molecule has 4 rings (SSSR count). The highest BCUT2D eigenvalue weighted by atomic mass is 19.4. The number of alkyl halides is 4. The van der Waals surface area contributed by atoms with Gasteiger partial charge in [-0.2, -0.15) is 13.2 Å². The van der Waals surface area contributed by atoms with E-state index in [1.807, 2.05) is 25.1 Å². The summed E-state index contributed by atoms with van der Waals surface area (Å²) in [7, 11) is 1.58. The van der Waals surface area contributed by atoms with E-state index in [4.69, 9.17) is 4.74 Å². The van der Waals surface area contributed by atoms with Gasteiger partial charge in [0.05, 0.1) is 36.6 Å². The van der Waals surface area contributed by atoms with Crippen molar-refractivity contribution >= 4 is 22.3 Å². The number of aromatic nitrogens is 1. The van der Waals surface area contributed by atoms with Crippen molar-refractivity contribution in [2.45, 2.75) is 64.6 Å². The largest absolute Gasteiger partial charge is 0.495 e. The Labute approximate surface area is 227 Å². The molecule has 1 aromatic heterocycles. The first-order valence-corrected chi connectivity index (χ1v) is 13.1. The van der Waals surface area contributed by atoms with Crippen LogP contribution in [0, 0.1) is 18.8 Å². The number of hydrogen-bond acceptors (Lipinski definition) is 4. The number of piperidine rings is 1. The normalized spacial score (nSPS) is 18.5. The standard InChI is InChI=1S/C30H36F4N4O/c1-20-11-12-26(28(16-20)39-5)35-14-7-8-21-17-22-24(9-6-10-27(22)38(21)19-30(32,33)34)36-25-13-15-37(18-23(25)31)29(2,3)4/h6,9-12,16-17,23,25,35-36H,13-15,18-19H2,1-5H3/t23-,25+/m0/s1. The van der Waals surface area contributed by atoms with E-state index in [1.165, 1.54) is 4.57 Å². The predicted octanol–water partition coefficient (Wildman–Crippen LogP) is 6.61. The number of anilines is 2. The minimum Gasteiger partial charge on any atom is -0.495 e. The van der Waals surface area contributed by atoms with Crippen LogP contribution in [0.3, 0.4) is 0 Å². The summed E-state index contributed by atoms with van der Waals surface area (Å²) in [5.74, 6) is 6.51. The fraction of sp³-hybridized carbons (Fsp3) is 0.467. The molecule has 2 atom stereocenters. The molecule has 0 amide bonds. The molecule has 0 bridgehead atoms. The summed E-state index contributed by atoms with van der Waals surface area (Å²) in [5.41, 5.74) is 2.92. The topological polar surface area (TPSA) is 41.5 Å². The molecule has 5 nitrogen and oxygen atoms in total. The van der Waals surface area contributed by atoms with Crippen molar-refractivity contribution in [3.05, 3.63) is 53.7 Å². The van der Waals surface area contributed by atoms with Crippen LogP contribution in [0.2, 0.25) is 0 Å². The molecule has 2 heterocycles. The number of likely N-dealkylation sites (tertiary alicyclic amines) is 1. The first-order chi connectivity index (χ1) is 18.4. The highest BCUT2D eigenvalue weighted by Gasteiger charge is 2.34. The summed E-state index contributed by atoms with van der Waals surface area (Å²) in [6.07, 6.45) is -4.93. The summed E-state index contributed by atoms with van der Waals surface area (Å²) in [6.45, 7) is 8.24. The lowest BCUT2D eigenvalue weighted by Crippen LogP contribution is -2.54. The molecule has 3 aromatic rings. The Balaban J connectivity index is 1.59. The smallest absolute Gasteiger partial charge is 0.406 e. The van der Waals surface area contributed by atoms with Crippen LogP contribution in [0.25, 0.3) is 10.9 Å². The number of hydrogen-bond donors (Lipinski definition) is 2. The van der Waals surface area contributed by atoms with Crippen LogP contribution in [-0.4, -0.2) is 60.1 Å². The van der Waals surface area contributed by atoms with Gasteiger partial charge < -0.3 is 19.9 Å². The number of halogens is 4. The SMILES string of the molecule is COc1cc(C)ccc1NCC#Cc1cc2c(N[C@@H]3CCN(C(C)(C)C)C[C@@H]3F)cccc2n1CC(F)(F)F. The molecule has 0 radical (unpaired) electrons. The van der Waals surface area contributed by atoms with Crippen LogP contribution < -0.4 is 15.4 Å². The van der Waals surface area contributed by atoms with Crippen LogP contribution in [0.1, 0.15) is 38.4 Å². The van der Waals surface area contributed by atoms with Gasteiger partial charge in [0.1, 0.15) is 18.5 Å². The van der Waals surface area contributed by atoms with Gasteiger partial charge >= 0.3 is 6.18 Å². The zero-order valence-corrected chi connectivity index (χ0v) is 23.0. The van der Waals surface area contributed by atoms with Gasteiger partial charge in [0.2, 0.25) is 0 Å². The van der Waals surface area contributed by atoms with Gasteiger partial charge in [-0.1, -0.05) is 18.1 Å². The van der Waals surface area contributed by atoms with E-state index < -0.39 is 24.9 Å². The van der Waals surface area contributed by atoms with E-state index in [0.29, 0.717) is 35.3 Å². The molecule has 0 saturated carbocycles. The zero-order chi connectivity index (χ0) is 28.4. The Morgan fingerprint density at radius 1 is 1.08 bits per heavy atom. The third kappa shape index (κ3) is 6.99. The third-order valence-corrected chi connectivity index (χ3v) is 7.05. The molecule has 1 aliphatic rings. The van der Waals surface area contributed by atoms with Crippen molar-refractivity contribution in [1.82, 2.24) is 9.47 Å². The highest BCUT2D eigenvalue weighted by Crippen LogP contribution is 2.32. The average molecular weight is 545 g/mol. The molecule has 2 aromatic carbocycles. The van der Waals surface area contributed by atoms with Gasteiger partial charge in [-0.05, 0) is 75.9 Å². The van der Waals surface area contributed by atoms with Crippen molar-refractivity contribution in [3.8, 4) is 17.6 Å². The van der Waals surface area contributed by atoms with Gasteiger partial charge in [0, 0.05) is 29.7 Å². The lowest BCUT2D eigenvalue weighted by molar-refractivity contribution is -0.140. The Morgan fingerprint density at radius 3 is 2.51 bits per heavy atom. The van der Waals surface area contributed by atoms with E-state index in [-0.39, 0.29) is 17.8 Å². The van der Waals surface area contributed by atoms with Gasteiger partial charge in [0.25, 0.3) is 0 Å². The number of methoxy groups -OCH3 is 1. The predicted molar refractivity (Wildman–Crippen MR) is 149 cm³/mol. The van der Waals surface area contributed by atoms with E-state index >= 15 is 4.39 Å². The number of nitrogens with one attached hydrogen (secondary N) is 2. The molecule has 2 N–H and O–H groups in total. The molecule has 9 heteroatoms. The van der Waals surface area contributed by atoms with Crippen molar-refractivity contribution in [2.75, 3.05) is 37.4 Å². The molecule has 210 valence electrons. The van der Waals surface area contributed by atoms with E-state index in [1.54, 1.807) is 31.4 Å². The first kappa shape index (κ1) is 28.6. The minimum absolute atomic E-state index is 0.128. The number of aryl methyl sites for hydroxylation is 1. The molecule has 1 saturated heterocycles. The maximum absolute atomic E-state index is 15.1. The number of nitrogens with zero attached hydrogens (tertiary/aromatic N) is 2. The second-order valence-electron chi connectivity index (χ2n) is 11.0. The Kier molecular flexibility index (Phi) is 8.36. The summed E-state index contributed by atoms with van der Waals surface area (Å²) >= 11 is 0. The number of fused-ring (bicyclic) bond motifs is 1. The van der Waals surface area contributed by atoms with Crippen molar-refractivity contribution in [2.24, 2.45) is 0 Å². The molecule has 0 unspecified atom stereocenters. The number of ether oxygens (including phenoxy) is 1. The summed E-state index contributed by atoms with van der Waals surface area (Å²) in [4.78, 5) is 2.12. The maximum atomic E-state index is 15.1. The van der Waals surface area contributed by atoms with Gasteiger partial charge in [-0.15, -0.1) is 0 Å². The summed E-state index contributed by atoms with van der Waals surface area (Å²) < 4.78 is 62.3. The molecular formula is C30H36F4N4O. The summed E-state index contributed by atoms with van der Waals surface area (Å²) in [6, 6.07) is 12.0. The fourth-order valence-electron chi connectivity index (χ4n) is 4.96. The summed E-state index contributed by atoms with van der Waals surface area (Å²) in [5, 5.41) is 7.03. The lowest BCUT2D eigenvalue weighted by Gasteiger charge is -2.42. The van der Waals surface area contributed by atoms with Crippen molar-refractivity contribution in [1.29, 1.82) is 0 Å². The molecule has 0 spiro atoms. The van der Waals surface area contributed by atoms with E-state index in [9.17, 15) is 13.2 Å². The number of rotatable bonds is 6. The number of benzene rings is 2. The minimum atomic E-state index is -4.43. The Hall–Kier alpha value is -3.38. The van der Waals surface area contributed by atoms with Gasteiger partial charge in [-0.25, -0.2) is 4.39 Å². The Bertz CT molecular complexity index is 1360. The fourth-order valence-corrected chi connectivity index (χ4v) is 4.96. The monoisotopic (exact) mass is 544 g/mol. The van der Waals surface area contributed by atoms with Crippen LogP contribution in [0.4, 0.5) is 28.9 Å².